The summed E-state index contributed by atoms with van der Waals surface area (Å²) < 4.78 is 31.0. The van der Waals surface area contributed by atoms with Crippen molar-refractivity contribution in [1.82, 2.24) is 5.32 Å². The number of unbranched alkanes of at least 4 members (excludes halogenated alkanes) is 1. The van der Waals surface area contributed by atoms with Gasteiger partial charge in [0, 0.05) is 18.7 Å². The summed E-state index contributed by atoms with van der Waals surface area (Å²) in [5, 5.41) is 2.72. The van der Waals surface area contributed by atoms with Crippen LogP contribution < -0.4 is 15.8 Å². The van der Waals surface area contributed by atoms with E-state index in [2.05, 4.69) is 12.2 Å². The number of benzene rings is 1. The number of amides is 1. The van der Waals surface area contributed by atoms with Gasteiger partial charge in [-0.1, -0.05) is 19.8 Å². The van der Waals surface area contributed by atoms with Gasteiger partial charge in [0.2, 0.25) is 0 Å². The molecule has 1 rings (SSSR count). The van der Waals surface area contributed by atoms with Gasteiger partial charge in [-0.05, 0) is 18.6 Å². The predicted molar refractivity (Wildman–Crippen MR) is 72.4 cm³/mol. The highest BCUT2D eigenvalue weighted by atomic mass is 19.1. The van der Waals surface area contributed by atoms with Crippen LogP contribution in [0.25, 0.3) is 0 Å². The lowest BCUT2D eigenvalue weighted by Crippen LogP contribution is -2.42. The van der Waals surface area contributed by atoms with Gasteiger partial charge in [0.05, 0.1) is 0 Å². The molecule has 0 bridgehead atoms. The van der Waals surface area contributed by atoms with Crippen molar-refractivity contribution in [2.45, 2.75) is 32.2 Å². The van der Waals surface area contributed by atoms with Crippen LogP contribution in [-0.4, -0.2) is 25.1 Å². The third kappa shape index (κ3) is 5.52. The summed E-state index contributed by atoms with van der Waals surface area (Å²) in [4.78, 5) is 11.6. The molecular formula is C14H20F2N2O2. The quantitative estimate of drug-likeness (QED) is 0.768. The van der Waals surface area contributed by atoms with Gasteiger partial charge in [0.25, 0.3) is 5.91 Å². The number of ether oxygens (including phenoxy) is 1. The lowest BCUT2D eigenvalue weighted by molar-refractivity contribution is -0.123. The topological polar surface area (TPSA) is 64.3 Å². The number of hydrogen-bond donors (Lipinski definition) is 2. The van der Waals surface area contributed by atoms with Crippen molar-refractivity contribution in [1.29, 1.82) is 0 Å². The summed E-state index contributed by atoms with van der Waals surface area (Å²) in [6, 6.07) is 2.82. The zero-order chi connectivity index (χ0) is 15.0. The number of nitrogens with two attached hydrogens (primary N) is 1. The molecular weight excluding hydrogens is 266 g/mol. The predicted octanol–water partition coefficient (Wildman–Crippen LogP) is 1.98. The van der Waals surface area contributed by atoms with Crippen LogP contribution in [-0.2, 0) is 4.79 Å². The molecule has 6 heteroatoms. The Morgan fingerprint density at radius 3 is 2.80 bits per heavy atom. The average Bonchev–Trinajstić information content (AvgIpc) is 2.42. The molecule has 0 aromatic heterocycles. The van der Waals surface area contributed by atoms with Crippen LogP contribution in [0.2, 0.25) is 0 Å². The third-order valence-electron chi connectivity index (χ3n) is 2.81. The summed E-state index contributed by atoms with van der Waals surface area (Å²) in [7, 11) is 0. The molecule has 1 atom stereocenters. The molecule has 112 valence electrons. The Kier molecular flexibility index (Phi) is 6.93. The monoisotopic (exact) mass is 286 g/mol. The Morgan fingerprint density at radius 2 is 2.20 bits per heavy atom. The second-order valence-electron chi connectivity index (χ2n) is 4.51. The van der Waals surface area contributed by atoms with Crippen molar-refractivity contribution in [3.05, 3.63) is 29.8 Å². The molecule has 0 aliphatic heterocycles. The molecule has 0 radical (unpaired) electrons. The number of hydrogen-bond acceptors (Lipinski definition) is 3. The molecule has 0 spiro atoms. The average molecular weight is 286 g/mol. The number of carbonyl (C=O) groups excluding carboxylic acids is 1. The minimum absolute atomic E-state index is 0.107. The molecule has 1 amide bonds. The van der Waals surface area contributed by atoms with Crippen LogP contribution in [0.4, 0.5) is 8.78 Å². The fourth-order valence-corrected chi connectivity index (χ4v) is 1.70. The van der Waals surface area contributed by atoms with Gasteiger partial charge in [0.1, 0.15) is 5.82 Å². The van der Waals surface area contributed by atoms with Gasteiger partial charge >= 0.3 is 0 Å². The second kappa shape index (κ2) is 8.47. The maximum absolute atomic E-state index is 13.3. The second-order valence-corrected chi connectivity index (χ2v) is 4.51. The fourth-order valence-electron chi connectivity index (χ4n) is 1.70. The molecule has 0 saturated heterocycles. The van der Waals surface area contributed by atoms with E-state index >= 15 is 0 Å². The highest BCUT2D eigenvalue weighted by Gasteiger charge is 2.12. The van der Waals surface area contributed by atoms with Gasteiger partial charge in [0.15, 0.2) is 18.2 Å². The standard InChI is InChI=1S/C14H20F2N2O2/c1-2-3-4-11(8-17)18-14(19)9-20-13-6-5-10(15)7-12(13)16/h5-7,11H,2-4,8-9,17H2,1H3,(H,18,19). The smallest absolute Gasteiger partial charge is 0.258 e. The Bertz CT molecular complexity index is 441. The van der Waals surface area contributed by atoms with Crippen LogP contribution in [0.1, 0.15) is 26.2 Å². The van der Waals surface area contributed by atoms with Crippen molar-refractivity contribution >= 4 is 5.91 Å². The molecule has 0 heterocycles. The van der Waals surface area contributed by atoms with E-state index in [4.69, 9.17) is 10.5 Å². The maximum Gasteiger partial charge on any atom is 0.258 e. The summed E-state index contributed by atoms with van der Waals surface area (Å²) in [6.45, 7) is 2.07. The molecule has 0 saturated carbocycles. The van der Waals surface area contributed by atoms with Crippen LogP contribution in [0.15, 0.2) is 18.2 Å². The van der Waals surface area contributed by atoms with Crippen LogP contribution >= 0.6 is 0 Å². The zero-order valence-electron chi connectivity index (χ0n) is 11.5. The fraction of sp³-hybridized carbons (Fsp3) is 0.500. The Labute approximate surface area is 117 Å². The molecule has 20 heavy (non-hydrogen) atoms. The lowest BCUT2D eigenvalue weighted by Gasteiger charge is -2.16. The maximum atomic E-state index is 13.3. The Morgan fingerprint density at radius 1 is 1.45 bits per heavy atom. The van der Waals surface area contributed by atoms with Crippen molar-refractivity contribution in [3.8, 4) is 5.75 Å². The molecule has 0 aliphatic carbocycles. The first-order valence-electron chi connectivity index (χ1n) is 6.64. The number of halogens is 2. The van der Waals surface area contributed by atoms with Crippen molar-refractivity contribution in [3.63, 3.8) is 0 Å². The van der Waals surface area contributed by atoms with Crippen molar-refractivity contribution < 1.29 is 18.3 Å². The SMILES string of the molecule is CCCCC(CN)NC(=O)COc1ccc(F)cc1F. The van der Waals surface area contributed by atoms with Gasteiger partial charge in [-0.25, -0.2) is 8.78 Å². The van der Waals surface area contributed by atoms with E-state index in [1.54, 1.807) is 0 Å². The normalized spacial score (nSPS) is 12.0. The summed E-state index contributed by atoms with van der Waals surface area (Å²) >= 11 is 0. The summed E-state index contributed by atoms with van der Waals surface area (Å²) in [5.41, 5.74) is 5.55. The number of nitrogens with one attached hydrogen (secondary N) is 1. The largest absolute Gasteiger partial charge is 0.481 e. The Hall–Kier alpha value is -1.69. The molecule has 1 aromatic carbocycles. The van der Waals surface area contributed by atoms with E-state index in [-0.39, 0.29) is 24.3 Å². The van der Waals surface area contributed by atoms with Crippen LogP contribution in [0.5, 0.6) is 5.75 Å². The van der Waals surface area contributed by atoms with E-state index in [0.717, 1.165) is 31.4 Å². The van der Waals surface area contributed by atoms with E-state index in [1.165, 1.54) is 0 Å². The third-order valence-corrected chi connectivity index (χ3v) is 2.81. The molecule has 4 nitrogen and oxygen atoms in total. The van der Waals surface area contributed by atoms with Gasteiger partial charge in [-0.2, -0.15) is 0 Å². The molecule has 1 aromatic rings. The highest BCUT2D eigenvalue weighted by Crippen LogP contribution is 2.17. The van der Waals surface area contributed by atoms with E-state index < -0.39 is 11.6 Å². The summed E-state index contributed by atoms with van der Waals surface area (Å²) in [6.07, 6.45) is 2.78. The van der Waals surface area contributed by atoms with Gasteiger partial charge < -0.3 is 15.8 Å². The first kappa shape index (κ1) is 16.4. The first-order chi connectivity index (χ1) is 9.56. The lowest BCUT2D eigenvalue weighted by atomic mass is 10.1. The highest BCUT2D eigenvalue weighted by molar-refractivity contribution is 5.77. The molecule has 1 unspecified atom stereocenters. The van der Waals surface area contributed by atoms with E-state index in [0.29, 0.717) is 12.6 Å². The van der Waals surface area contributed by atoms with Gasteiger partial charge in [-0.15, -0.1) is 0 Å². The minimum atomic E-state index is -0.834. The Balaban J connectivity index is 2.42. The van der Waals surface area contributed by atoms with Gasteiger partial charge in [-0.3, -0.25) is 4.79 Å². The van der Waals surface area contributed by atoms with Crippen LogP contribution in [0.3, 0.4) is 0 Å². The van der Waals surface area contributed by atoms with Crippen molar-refractivity contribution in [2.75, 3.05) is 13.2 Å². The van der Waals surface area contributed by atoms with E-state index in [9.17, 15) is 13.6 Å². The first-order valence-corrected chi connectivity index (χ1v) is 6.64. The van der Waals surface area contributed by atoms with E-state index in [1.807, 2.05) is 0 Å². The summed E-state index contributed by atoms with van der Waals surface area (Å²) in [5.74, 6) is -2.05. The zero-order valence-corrected chi connectivity index (χ0v) is 11.5. The molecule has 3 N–H and O–H groups in total. The van der Waals surface area contributed by atoms with Crippen LogP contribution in [0, 0.1) is 11.6 Å². The molecule has 0 aliphatic rings. The molecule has 0 fully saturated rings. The number of carbonyl (C=O) groups is 1. The van der Waals surface area contributed by atoms with Crippen molar-refractivity contribution in [2.24, 2.45) is 5.73 Å². The number of rotatable bonds is 8. The minimum Gasteiger partial charge on any atom is -0.481 e.